The second-order valence-electron chi connectivity index (χ2n) is 5.59. The van der Waals surface area contributed by atoms with Crippen LogP contribution in [0.3, 0.4) is 0 Å². The first-order valence-corrected chi connectivity index (χ1v) is 8.31. The lowest BCUT2D eigenvalue weighted by Crippen LogP contribution is -2.15. The average molecular weight is 400 g/mol. The Bertz CT molecular complexity index is 779. The van der Waals surface area contributed by atoms with E-state index in [4.69, 9.17) is 33.2 Å². The van der Waals surface area contributed by atoms with Crippen LogP contribution in [0.5, 0.6) is 23.0 Å². The van der Waals surface area contributed by atoms with Gasteiger partial charge in [-0.25, -0.2) is 4.98 Å². The fraction of sp³-hybridized carbons (Fsp3) is 0.312. The molecule has 0 aliphatic heterocycles. The number of ether oxygens (including phenoxy) is 2. The van der Waals surface area contributed by atoms with Gasteiger partial charge in [0.2, 0.25) is 0 Å². The summed E-state index contributed by atoms with van der Waals surface area (Å²) in [6.45, 7) is 0.570. The molecule has 8 nitrogen and oxygen atoms in total. The topological polar surface area (TPSA) is 91.8 Å². The van der Waals surface area contributed by atoms with Gasteiger partial charge in [-0.05, 0) is 18.8 Å². The molecule has 1 amide bonds. The molecule has 0 radical (unpaired) electrons. The number of nitrogens with one attached hydrogen (secondary N) is 1. The van der Waals surface area contributed by atoms with Gasteiger partial charge in [-0.15, -0.1) is 0 Å². The molecule has 0 aromatic carbocycles. The molecule has 10 heteroatoms. The quantitative estimate of drug-likeness (QED) is 0.724. The van der Waals surface area contributed by atoms with Crippen molar-refractivity contribution < 1.29 is 22.8 Å². The van der Waals surface area contributed by atoms with Gasteiger partial charge < -0.3 is 23.4 Å². The number of hydrogen-bond donors (Lipinski definition) is 1. The lowest BCUT2D eigenvalue weighted by molar-refractivity contribution is 0.102. The molecule has 1 aliphatic rings. The Morgan fingerprint density at radius 2 is 1.85 bits per heavy atom. The maximum atomic E-state index is 12.6. The fourth-order valence-corrected chi connectivity index (χ4v) is 2.38. The first-order chi connectivity index (χ1) is 12.7. The third-order valence-corrected chi connectivity index (χ3v) is 4.07. The normalized spacial score (nSPS) is 13.0. The van der Waals surface area contributed by atoms with Crippen molar-refractivity contribution in [2.24, 2.45) is 5.92 Å². The molecular formula is C16H15Cl2N3O5. The Kier molecular flexibility index (Phi) is 5.85. The van der Waals surface area contributed by atoms with E-state index in [9.17, 15) is 4.79 Å². The molecule has 0 spiro atoms. The Morgan fingerprint density at radius 3 is 2.42 bits per heavy atom. The lowest BCUT2D eigenvalue weighted by Gasteiger charge is -2.13. The maximum Gasteiger partial charge on any atom is 0.274 e. The van der Waals surface area contributed by atoms with Crippen LogP contribution >= 0.6 is 23.7 Å². The predicted octanol–water partition coefficient (Wildman–Crippen LogP) is 3.59. The van der Waals surface area contributed by atoms with E-state index in [0.717, 1.165) is 12.8 Å². The number of anilines is 1. The van der Waals surface area contributed by atoms with Crippen molar-refractivity contribution in [1.82, 2.24) is 9.97 Å². The van der Waals surface area contributed by atoms with E-state index < -0.39 is 5.91 Å². The van der Waals surface area contributed by atoms with Gasteiger partial charge >= 0.3 is 0 Å². The van der Waals surface area contributed by atoms with Crippen molar-refractivity contribution >= 4 is 35.3 Å². The molecule has 0 unspecified atom stereocenters. The molecule has 1 N–H and O–H groups in total. The van der Waals surface area contributed by atoms with Crippen molar-refractivity contribution in [1.29, 1.82) is 0 Å². The zero-order chi connectivity index (χ0) is 18.5. The zero-order valence-electron chi connectivity index (χ0n) is 13.7. The van der Waals surface area contributed by atoms with Crippen molar-refractivity contribution in [3.05, 3.63) is 30.4 Å². The number of amides is 1. The largest absolute Gasteiger partial charge is 0.491 e. The number of methoxy groups -OCH3 is 1. The maximum absolute atomic E-state index is 12.6. The molecule has 1 aliphatic carbocycles. The van der Waals surface area contributed by atoms with Crippen LogP contribution in [0.25, 0.3) is 0 Å². The molecule has 2 heterocycles. The number of hydrogen-bond acceptors (Lipinski definition) is 7. The molecule has 1 fully saturated rings. The Morgan fingerprint density at radius 1 is 1.15 bits per heavy atom. The predicted molar refractivity (Wildman–Crippen MR) is 94.2 cm³/mol. The van der Waals surface area contributed by atoms with Gasteiger partial charge in [-0.1, -0.05) is 0 Å². The van der Waals surface area contributed by atoms with Gasteiger partial charge in [0.15, 0.2) is 23.0 Å². The molecule has 1 saturated carbocycles. The van der Waals surface area contributed by atoms with Crippen molar-refractivity contribution in [2.75, 3.05) is 19.0 Å². The molecule has 2 aromatic rings. The second-order valence-corrected chi connectivity index (χ2v) is 5.90. The molecule has 0 atom stereocenters. The van der Waals surface area contributed by atoms with E-state index >= 15 is 0 Å². The van der Waals surface area contributed by atoms with Crippen LogP contribution in [-0.2, 0) is 0 Å². The third-order valence-electron chi connectivity index (χ3n) is 3.74. The minimum absolute atomic E-state index is 0.0666. The van der Waals surface area contributed by atoms with Crippen LogP contribution in [0.15, 0.2) is 24.7 Å². The number of carbonyl (C=O) groups excluding carboxylic acids is 1. The Balaban J connectivity index is 1.82. The number of pyridine rings is 2. The van der Waals surface area contributed by atoms with E-state index in [2.05, 4.69) is 23.9 Å². The molecule has 26 heavy (non-hydrogen) atoms. The van der Waals surface area contributed by atoms with Crippen molar-refractivity contribution in [2.45, 2.75) is 12.8 Å². The van der Waals surface area contributed by atoms with E-state index in [1.165, 1.54) is 31.8 Å². The number of halogens is 2. The minimum atomic E-state index is -0.542. The third kappa shape index (κ3) is 4.20. The highest BCUT2D eigenvalue weighted by molar-refractivity contribution is 6.12. The summed E-state index contributed by atoms with van der Waals surface area (Å²) >= 11 is 10.8. The van der Waals surface area contributed by atoms with Gasteiger partial charge in [-0.2, -0.15) is 0 Å². The smallest absolute Gasteiger partial charge is 0.274 e. The van der Waals surface area contributed by atoms with Gasteiger partial charge in [0.25, 0.3) is 5.91 Å². The first kappa shape index (κ1) is 18.3. The number of aromatic nitrogens is 2. The van der Waals surface area contributed by atoms with Crippen LogP contribution in [0, 0.1) is 5.92 Å². The second kappa shape index (κ2) is 8.29. The van der Waals surface area contributed by atoms with Crippen LogP contribution in [0.1, 0.15) is 23.3 Å². The minimum Gasteiger partial charge on any atom is -0.491 e. The van der Waals surface area contributed by atoms with Crippen LogP contribution in [0.4, 0.5) is 5.69 Å². The molecule has 2 aromatic heterocycles. The van der Waals surface area contributed by atoms with E-state index in [1.54, 1.807) is 0 Å². The molecule has 0 bridgehead atoms. The van der Waals surface area contributed by atoms with Gasteiger partial charge in [0, 0.05) is 6.07 Å². The summed E-state index contributed by atoms with van der Waals surface area (Å²) in [5.74, 6) is 1.03. The highest BCUT2D eigenvalue weighted by Gasteiger charge is 2.23. The van der Waals surface area contributed by atoms with Crippen LogP contribution < -0.4 is 23.4 Å². The van der Waals surface area contributed by atoms with Gasteiger partial charge in [0.05, 0.1) is 32.3 Å². The van der Waals surface area contributed by atoms with Gasteiger partial charge in [-0.3, -0.25) is 9.78 Å². The zero-order valence-corrected chi connectivity index (χ0v) is 15.2. The molecule has 138 valence electrons. The highest BCUT2D eigenvalue weighted by Crippen LogP contribution is 2.36. The number of nitrogens with zero attached hydrogens (tertiary/aromatic N) is 2. The summed E-state index contributed by atoms with van der Waals surface area (Å²) in [4.78, 5) is 20.5. The fourth-order valence-electron chi connectivity index (χ4n) is 2.15. The first-order valence-electron chi connectivity index (χ1n) is 7.69. The van der Waals surface area contributed by atoms with Crippen molar-refractivity contribution in [3.8, 4) is 23.0 Å². The summed E-state index contributed by atoms with van der Waals surface area (Å²) in [5.41, 5.74) is 0.225. The average Bonchev–Trinajstić information content (AvgIpc) is 3.50. The summed E-state index contributed by atoms with van der Waals surface area (Å²) in [6, 6.07) is 1.50. The van der Waals surface area contributed by atoms with E-state index in [1.807, 2.05) is 0 Å². The highest BCUT2D eigenvalue weighted by atomic mass is 35.5. The van der Waals surface area contributed by atoms with Crippen LogP contribution in [0.2, 0.25) is 0 Å². The summed E-state index contributed by atoms with van der Waals surface area (Å²) in [6.07, 6.45) is 6.30. The monoisotopic (exact) mass is 399 g/mol. The Hall–Kier alpha value is -2.45. The molecule has 0 saturated heterocycles. The molecule has 3 rings (SSSR count). The van der Waals surface area contributed by atoms with Gasteiger partial charge in [0.1, 0.15) is 35.1 Å². The summed E-state index contributed by atoms with van der Waals surface area (Å²) in [7, 11) is 1.51. The number of rotatable bonds is 8. The SMILES string of the molecule is COc1cnc(C(=O)Nc2c(OCl)cncc2OCl)cc1OCC1CC1. The standard InChI is InChI=1S/C16H15Cl2N3O5/c1-23-12-7-20-10(4-11(12)24-8-9-2-3-9)16(22)21-15-13(25-17)5-19-6-14(15)26-18/h4-7,9H,2-3,8H2,1H3,(H,19,21,22). The van der Waals surface area contributed by atoms with Crippen LogP contribution in [-0.4, -0.2) is 29.6 Å². The Labute approximate surface area is 159 Å². The van der Waals surface area contributed by atoms with E-state index in [0.29, 0.717) is 24.0 Å². The van der Waals surface area contributed by atoms with E-state index in [-0.39, 0.29) is 22.9 Å². The number of carbonyl (C=O) groups is 1. The summed E-state index contributed by atoms with van der Waals surface area (Å²) < 4.78 is 20.3. The van der Waals surface area contributed by atoms with Crippen molar-refractivity contribution in [3.63, 3.8) is 0 Å². The summed E-state index contributed by atoms with van der Waals surface area (Å²) in [5, 5.41) is 2.58. The molecular weight excluding hydrogens is 385 g/mol. The lowest BCUT2D eigenvalue weighted by atomic mass is 10.2.